The number of hydrogen-bond donors (Lipinski definition) is 1. The van der Waals surface area contributed by atoms with Gasteiger partial charge in [0.25, 0.3) is 5.91 Å². The van der Waals surface area contributed by atoms with Crippen LogP contribution in [0.1, 0.15) is 41.8 Å². The normalized spacial score (nSPS) is 19.3. The van der Waals surface area contributed by atoms with Crippen LogP contribution >= 0.6 is 0 Å². The monoisotopic (exact) mass is 342 g/mol. The van der Waals surface area contributed by atoms with E-state index in [1.807, 2.05) is 25.1 Å². The van der Waals surface area contributed by atoms with Gasteiger partial charge in [-0.3, -0.25) is 4.79 Å². The number of rotatable bonds is 5. The van der Waals surface area contributed by atoms with E-state index in [1.54, 1.807) is 0 Å². The van der Waals surface area contributed by atoms with Gasteiger partial charge in [-0.05, 0) is 76.9 Å². The number of nitrogens with zero attached hydrogens (tertiary/aromatic N) is 1. The highest BCUT2D eigenvalue weighted by Crippen LogP contribution is 2.32. The van der Waals surface area contributed by atoms with E-state index in [0.717, 1.165) is 49.3 Å². The van der Waals surface area contributed by atoms with Crippen LogP contribution in [0.15, 0.2) is 22.6 Å². The molecule has 0 atom stereocenters. The zero-order valence-corrected chi connectivity index (χ0v) is 15.0. The Labute approximate surface area is 148 Å². The second-order valence-corrected chi connectivity index (χ2v) is 7.50. The Hall–Kier alpha value is -2.01. The van der Waals surface area contributed by atoms with Crippen LogP contribution in [0.2, 0.25) is 0 Å². The third kappa shape index (κ3) is 3.66. The fraction of sp³-hybridized carbons (Fsp3) is 0.550. The minimum atomic E-state index is -0.0369. The van der Waals surface area contributed by atoms with Gasteiger partial charge in [-0.2, -0.15) is 0 Å². The summed E-state index contributed by atoms with van der Waals surface area (Å²) in [6, 6.07) is 6.00. The lowest BCUT2D eigenvalue weighted by atomic mass is 10.0. The Morgan fingerprint density at radius 3 is 2.76 bits per heavy atom. The van der Waals surface area contributed by atoms with Crippen molar-refractivity contribution in [2.45, 2.75) is 38.6 Å². The summed E-state index contributed by atoms with van der Waals surface area (Å²) in [7, 11) is 2.12. The molecule has 1 aromatic carbocycles. The Morgan fingerprint density at radius 1 is 1.28 bits per heavy atom. The fourth-order valence-electron chi connectivity index (χ4n) is 3.48. The van der Waals surface area contributed by atoms with Gasteiger partial charge in [0, 0.05) is 11.4 Å². The molecule has 0 unspecified atom stereocenters. The SMILES string of the molecule is Cc1oc2ccc(OCC3CC3)cc2c1C(=O)NC1CCN(C)CC1. The van der Waals surface area contributed by atoms with Gasteiger partial charge < -0.3 is 19.4 Å². The molecule has 2 heterocycles. The maximum atomic E-state index is 12.9. The highest BCUT2D eigenvalue weighted by Gasteiger charge is 2.24. The van der Waals surface area contributed by atoms with Crippen molar-refractivity contribution >= 4 is 16.9 Å². The first-order valence-electron chi connectivity index (χ1n) is 9.25. The number of fused-ring (bicyclic) bond motifs is 1. The lowest BCUT2D eigenvalue weighted by molar-refractivity contribution is 0.0917. The Morgan fingerprint density at radius 2 is 2.04 bits per heavy atom. The minimum absolute atomic E-state index is 0.0369. The number of piperidine rings is 1. The van der Waals surface area contributed by atoms with Gasteiger partial charge in [-0.1, -0.05) is 0 Å². The van der Waals surface area contributed by atoms with Crippen molar-refractivity contribution in [3.05, 3.63) is 29.5 Å². The molecule has 1 amide bonds. The summed E-state index contributed by atoms with van der Waals surface area (Å²) in [6.07, 6.45) is 4.51. The molecule has 2 fully saturated rings. The summed E-state index contributed by atoms with van der Waals surface area (Å²) in [6.45, 7) is 4.66. The maximum absolute atomic E-state index is 12.9. The predicted octanol–water partition coefficient (Wildman–Crippen LogP) is 3.35. The largest absolute Gasteiger partial charge is 0.493 e. The van der Waals surface area contributed by atoms with Crippen LogP contribution in [0.25, 0.3) is 11.0 Å². The second kappa shape index (κ2) is 6.71. The van der Waals surface area contributed by atoms with Gasteiger partial charge in [0.05, 0.1) is 12.2 Å². The number of likely N-dealkylation sites (tertiary alicyclic amines) is 1. The molecule has 1 aromatic heterocycles. The average Bonchev–Trinajstić information content (AvgIpc) is 3.36. The van der Waals surface area contributed by atoms with Gasteiger partial charge >= 0.3 is 0 Å². The van der Waals surface area contributed by atoms with E-state index < -0.39 is 0 Å². The molecule has 2 aromatic rings. The molecule has 134 valence electrons. The Bertz CT molecular complexity index is 771. The number of hydrogen-bond acceptors (Lipinski definition) is 4. The maximum Gasteiger partial charge on any atom is 0.255 e. The van der Waals surface area contributed by atoms with E-state index in [0.29, 0.717) is 17.2 Å². The van der Waals surface area contributed by atoms with Crippen LogP contribution in [0.4, 0.5) is 0 Å². The number of furan rings is 1. The van der Waals surface area contributed by atoms with E-state index in [2.05, 4.69) is 17.3 Å². The first-order chi connectivity index (χ1) is 12.1. The molecule has 1 saturated heterocycles. The Balaban J connectivity index is 1.53. The summed E-state index contributed by atoms with van der Waals surface area (Å²) in [5, 5.41) is 4.03. The highest BCUT2D eigenvalue weighted by molar-refractivity contribution is 6.07. The molecule has 1 aliphatic carbocycles. The van der Waals surface area contributed by atoms with Crippen molar-refractivity contribution in [3.63, 3.8) is 0 Å². The standard InChI is InChI=1S/C20H26N2O3/c1-13-19(20(23)21-15-7-9-22(2)10-8-15)17-11-16(5-6-18(17)25-13)24-12-14-3-4-14/h5-6,11,14-15H,3-4,7-10,12H2,1-2H3,(H,21,23). The molecule has 0 radical (unpaired) electrons. The average molecular weight is 342 g/mol. The number of nitrogens with one attached hydrogen (secondary N) is 1. The summed E-state index contributed by atoms with van der Waals surface area (Å²) in [4.78, 5) is 15.1. The molecule has 4 rings (SSSR count). The Kier molecular flexibility index (Phi) is 4.42. The van der Waals surface area contributed by atoms with Gasteiger partial charge in [0.1, 0.15) is 17.1 Å². The molecule has 1 N–H and O–H groups in total. The molecule has 0 bridgehead atoms. The van der Waals surface area contributed by atoms with E-state index >= 15 is 0 Å². The number of carbonyl (C=O) groups excluding carboxylic acids is 1. The smallest absolute Gasteiger partial charge is 0.255 e. The molecule has 2 aliphatic rings. The third-order valence-corrected chi connectivity index (χ3v) is 5.30. The first-order valence-corrected chi connectivity index (χ1v) is 9.25. The van der Waals surface area contributed by atoms with Crippen LogP contribution in [0.5, 0.6) is 5.75 Å². The molecule has 25 heavy (non-hydrogen) atoms. The van der Waals surface area contributed by atoms with Gasteiger partial charge in [0.15, 0.2) is 0 Å². The highest BCUT2D eigenvalue weighted by atomic mass is 16.5. The van der Waals surface area contributed by atoms with Gasteiger partial charge in [-0.15, -0.1) is 0 Å². The summed E-state index contributed by atoms with van der Waals surface area (Å²) in [5.74, 6) is 2.15. The minimum Gasteiger partial charge on any atom is -0.493 e. The van der Waals surface area contributed by atoms with Crippen LogP contribution in [0.3, 0.4) is 0 Å². The van der Waals surface area contributed by atoms with E-state index in [1.165, 1.54) is 12.8 Å². The van der Waals surface area contributed by atoms with Crippen molar-refractivity contribution in [2.75, 3.05) is 26.7 Å². The lowest BCUT2D eigenvalue weighted by Gasteiger charge is -2.29. The number of amides is 1. The van der Waals surface area contributed by atoms with Gasteiger partial charge in [-0.25, -0.2) is 0 Å². The molecule has 1 aliphatic heterocycles. The van der Waals surface area contributed by atoms with Gasteiger partial charge in [0.2, 0.25) is 0 Å². The van der Waals surface area contributed by atoms with Crippen molar-refractivity contribution in [1.29, 1.82) is 0 Å². The zero-order valence-electron chi connectivity index (χ0n) is 15.0. The number of aryl methyl sites for hydroxylation is 1. The molecule has 5 nitrogen and oxygen atoms in total. The second-order valence-electron chi connectivity index (χ2n) is 7.50. The molecular formula is C20H26N2O3. The van der Waals surface area contributed by atoms with Crippen LogP contribution in [-0.4, -0.2) is 43.6 Å². The summed E-state index contributed by atoms with van der Waals surface area (Å²) >= 11 is 0. The van der Waals surface area contributed by atoms with Crippen molar-refractivity contribution in [1.82, 2.24) is 10.2 Å². The van der Waals surface area contributed by atoms with Crippen molar-refractivity contribution in [2.24, 2.45) is 5.92 Å². The van der Waals surface area contributed by atoms with Crippen molar-refractivity contribution in [3.8, 4) is 5.75 Å². The van der Waals surface area contributed by atoms with Crippen molar-refractivity contribution < 1.29 is 13.9 Å². The molecule has 5 heteroatoms. The van der Waals surface area contributed by atoms with E-state index in [4.69, 9.17) is 9.15 Å². The quantitative estimate of drug-likeness (QED) is 0.905. The molecule has 1 saturated carbocycles. The number of benzene rings is 1. The van der Waals surface area contributed by atoms with E-state index in [-0.39, 0.29) is 11.9 Å². The number of ether oxygens (including phenoxy) is 1. The lowest BCUT2D eigenvalue weighted by Crippen LogP contribution is -2.43. The van der Waals surface area contributed by atoms with Crippen LogP contribution in [-0.2, 0) is 0 Å². The molecular weight excluding hydrogens is 316 g/mol. The first kappa shape index (κ1) is 16.5. The topological polar surface area (TPSA) is 54.7 Å². The summed E-state index contributed by atoms with van der Waals surface area (Å²) in [5.41, 5.74) is 1.38. The van der Waals surface area contributed by atoms with Crippen LogP contribution < -0.4 is 10.1 Å². The number of carbonyl (C=O) groups is 1. The van der Waals surface area contributed by atoms with E-state index in [9.17, 15) is 4.79 Å². The van der Waals surface area contributed by atoms with Crippen LogP contribution in [0, 0.1) is 12.8 Å². The zero-order chi connectivity index (χ0) is 17.4. The fourth-order valence-corrected chi connectivity index (χ4v) is 3.48. The predicted molar refractivity (Wildman–Crippen MR) is 97.2 cm³/mol. The third-order valence-electron chi connectivity index (χ3n) is 5.30. The molecule has 0 spiro atoms. The summed E-state index contributed by atoms with van der Waals surface area (Å²) < 4.78 is 11.7.